The van der Waals surface area contributed by atoms with Crippen LogP contribution < -0.4 is 0 Å². The highest BCUT2D eigenvalue weighted by Crippen LogP contribution is 2.12. The zero-order valence-electron chi connectivity index (χ0n) is 9.45. The minimum Gasteiger partial charge on any atom is -0.444 e. The van der Waals surface area contributed by atoms with Crippen molar-refractivity contribution in [1.29, 1.82) is 0 Å². The molecule has 0 N–H and O–H groups in total. The van der Waals surface area contributed by atoms with Gasteiger partial charge in [0.25, 0.3) is 0 Å². The van der Waals surface area contributed by atoms with Crippen LogP contribution in [-0.2, 0) is 9.47 Å². The van der Waals surface area contributed by atoms with Crippen LogP contribution in [0.25, 0.3) is 0 Å². The quantitative estimate of drug-likeness (QED) is 0.566. The van der Waals surface area contributed by atoms with Gasteiger partial charge >= 0.3 is 6.09 Å². The lowest BCUT2D eigenvalue weighted by Crippen LogP contribution is -2.47. The van der Waals surface area contributed by atoms with Gasteiger partial charge in [0.05, 0.1) is 13.2 Å². The highest BCUT2D eigenvalue weighted by atomic mass is 16.6. The maximum Gasteiger partial charge on any atom is 0.410 e. The second-order valence-corrected chi connectivity index (χ2v) is 4.45. The Bertz CT molecular complexity index is 275. The van der Waals surface area contributed by atoms with Crippen molar-refractivity contribution in [2.45, 2.75) is 32.5 Å². The maximum atomic E-state index is 11.7. The summed E-state index contributed by atoms with van der Waals surface area (Å²) in [6, 6.07) is 0. The fraction of sp³-hybridized carbons (Fsp3) is 0.727. The molecule has 1 heterocycles. The minimum atomic E-state index is -0.471. The zero-order valence-corrected chi connectivity index (χ0v) is 9.45. The van der Waals surface area contributed by atoms with Gasteiger partial charge in [0.2, 0.25) is 0 Å². The molecule has 0 saturated carbocycles. The lowest BCUT2D eigenvalue weighted by atomic mass is 10.2. The predicted octanol–water partition coefficient (Wildman–Crippen LogP) is 1.26. The Morgan fingerprint density at radius 3 is 2.80 bits per heavy atom. The fourth-order valence-electron chi connectivity index (χ4n) is 1.24. The number of ether oxygens (including phenoxy) is 2. The molecular formula is C11H17NO3. The lowest BCUT2D eigenvalue weighted by molar-refractivity contribution is -0.0236. The fourth-order valence-corrected chi connectivity index (χ4v) is 1.24. The molecule has 1 fully saturated rings. The van der Waals surface area contributed by atoms with Crippen molar-refractivity contribution < 1.29 is 14.3 Å². The summed E-state index contributed by atoms with van der Waals surface area (Å²) >= 11 is 0. The van der Waals surface area contributed by atoms with E-state index >= 15 is 0 Å². The van der Waals surface area contributed by atoms with Gasteiger partial charge in [-0.2, -0.15) is 0 Å². The van der Waals surface area contributed by atoms with Crippen LogP contribution in [0.4, 0.5) is 4.79 Å². The third kappa shape index (κ3) is 3.80. The van der Waals surface area contributed by atoms with Gasteiger partial charge in [0.1, 0.15) is 11.7 Å². The molecule has 1 atom stereocenters. The van der Waals surface area contributed by atoms with Crippen molar-refractivity contribution in [2.24, 2.45) is 0 Å². The van der Waals surface area contributed by atoms with E-state index in [4.69, 9.17) is 15.9 Å². The van der Waals surface area contributed by atoms with Crippen LogP contribution in [0, 0.1) is 12.3 Å². The summed E-state index contributed by atoms with van der Waals surface area (Å²) < 4.78 is 10.5. The second-order valence-electron chi connectivity index (χ2n) is 4.45. The van der Waals surface area contributed by atoms with Crippen molar-refractivity contribution in [2.75, 3.05) is 19.7 Å². The van der Waals surface area contributed by atoms with Crippen LogP contribution in [0.15, 0.2) is 0 Å². The molecule has 0 aliphatic carbocycles. The van der Waals surface area contributed by atoms with E-state index in [0.29, 0.717) is 19.7 Å². The lowest BCUT2D eigenvalue weighted by Gasteiger charge is -2.32. The van der Waals surface area contributed by atoms with Crippen molar-refractivity contribution >= 4 is 6.09 Å². The number of carbonyl (C=O) groups is 1. The molecule has 1 amide bonds. The number of nitrogens with zero attached hydrogens (tertiary/aromatic N) is 1. The van der Waals surface area contributed by atoms with Gasteiger partial charge in [-0.05, 0) is 20.8 Å². The molecule has 0 spiro atoms. The zero-order chi connectivity index (χ0) is 11.5. The number of terminal acetylenes is 1. The topological polar surface area (TPSA) is 38.8 Å². The maximum absolute atomic E-state index is 11.7. The van der Waals surface area contributed by atoms with Gasteiger partial charge in [-0.1, -0.05) is 5.92 Å². The molecule has 1 aliphatic rings. The Hall–Kier alpha value is -1.21. The normalized spacial score (nSPS) is 22.0. The Labute approximate surface area is 90.5 Å². The summed E-state index contributed by atoms with van der Waals surface area (Å²) in [5.41, 5.74) is -0.471. The first kappa shape index (κ1) is 11.9. The molecule has 0 radical (unpaired) electrons. The average molecular weight is 211 g/mol. The summed E-state index contributed by atoms with van der Waals surface area (Å²) in [5.74, 6) is 2.48. The van der Waals surface area contributed by atoms with Gasteiger partial charge in [-0.15, -0.1) is 6.42 Å². The molecule has 0 aromatic heterocycles. The van der Waals surface area contributed by atoms with E-state index < -0.39 is 5.60 Å². The summed E-state index contributed by atoms with van der Waals surface area (Å²) in [6.07, 6.45) is 4.60. The highest BCUT2D eigenvalue weighted by molar-refractivity contribution is 5.68. The summed E-state index contributed by atoms with van der Waals surface area (Å²) in [5, 5.41) is 0. The number of hydrogen-bond acceptors (Lipinski definition) is 3. The summed E-state index contributed by atoms with van der Waals surface area (Å²) in [6.45, 7) is 6.92. The van der Waals surface area contributed by atoms with Crippen LogP contribution in [0.1, 0.15) is 20.8 Å². The van der Waals surface area contributed by atoms with E-state index in [-0.39, 0.29) is 12.2 Å². The molecule has 1 aliphatic heterocycles. The highest BCUT2D eigenvalue weighted by Gasteiger charge is 2.26. The van der Waals surface area contributed by atoms with E-state index in [1.165, 1.54) is 0 Å². The molecule has 4 heteroatoms. The van der Waals surface area contributed by atoms with Gasteiger partial charge < -0.3 is 14.4 Å². The smallest absolute Gasteiger partial charge is 0.410 e. The number of morpholine rings is 1. The Kier molecular flexibility index (Phi) is 3.59. The standard InChI is InChI=1S/C11H17NO3/c1-5-9-8-12(6-7-14-9)10(13)15-11(2,3)4/h1,9H,6-8H2,2-4H3. The first-order chi connectivity index (χ1) is 6.92. The molecule has 15 heavy (non-hydrogen) atoms. The van der Waals surface area contributed by atoms with E-state index in [1.807, 2.05) is 20.8 Å². The molecule has 1 rings (SSSR count). The molecule has 0 bridgehead atoms. The van der Waals surface area contributed by atoms with Gasteiger partial charge in [-0.3, -0.25) is 0 Å². The van der Waals surface area contributed by atoms with E-state index in [2.05, 4.69) is 5.92 Å². The van der Waals surface area contributed by atoms with Crippen LogP contribution >= 0.6 is 0 Å². The van der Waals surface area contributed by atoms with Crippen LogP contribution in [0.5, 0.6) is 0 Å². The molecule has 1 saturated heterocycles. The third-order valence-electron chi connectivity index (χ3n) is 1.90. The SMILES string of the molecule is C#CC1CN(C(=O)OC(C)(C)C)CCO1. The second kappa shape index (κ2) is 4.54. The van der Waals surface area contributed by atoms with E-state index in [0.717, 1.165) is 0 Å². The first-order valence-electron chi connectivity index (χ1n) is 4.98. The van der Waals surface area contributed by atoms with Gasteiger partial charge in [0, 0.05) is 6.54 Å². The molecule has 4 nitrogen and oxygen atoms in total. The van der Waals surface area contributed by atoms with E-state index in [1.54, 1.807) is 4.90 Å². The van der Waals surface area contributed by atoms with Crippen molar-refractivity contribution in [1.82, 2.24) is 4.90 Å². The number of amides is 1. The van der Waals surface area contributed by atoms with E-state index in [9.17, 15) is 4.79 Å². The van der Waals surface area contributed by atoms with Crippen LogP contribution in [0.3, 0.4) is 0 Å². The largest absolute Gasteiger partial charge is 0.444 e. The number of hydrogen-bond donors (Lipinski definition) is 0. The Balaban J connectivity index is 2.50. The summed E-state index contributed by atoms with van der Waals surface area (Å²) in [4.78, 5) is 13.2. The molecule has 0 aromatic carbocycles. The Morgan fingerprint density at radius 1 is 1.60 bits per heavy atom. The first-order valence-corrected chi connectivity index (χ1v) is 4.98. The number of carbonyl (C=O) groups excluding carboxylic acids is 1. The third-order valence-corrected chi connectivity index (χ3v) is 1.90. The number of rotatable bonds is 0. The molecular weight excluding hydrogens is 194 g/mol. The Morgan fingerprint density at radius 2 is 2.27 bits per heavy atom. The monoisotopic (exact) mass is 211 g/mol. The molecule has 1 unspecified atom stereocenters. The summed E-state index contributed by atoms with van der Waals surface area (Å²) in [7, 11) is 0. The van der Waals surface area contributed by atoms with Crippen LogP contribution in [-0.4, -0.2) is 42.4 Å². The van der Waals surface area contributed by atoms with Gasteiger partial charge in [0.15, 0.2) is 0 Å². The average Bonchev–Trinajstić information content (AvgIpc) is 2.15. The van der Waals surface area contributed by atoms with Gasteiger partial charge in [-0.25, -0.2) is 4.79 Å². The minimum absolute atomic E-state index is 0.314. The van der Waals surface area contributed by atoms with Crippen LogP contribution in [0.2, 0.25) is 0 Å². The molecule has 84 valence electrons. The molecule has 0 aromatic rings. The van der Waals surface area contributed by atoms with Crippen molar-refractivity contribution in [3.8, 4) is 12.3 Å². The van der Waals surface area contributed by atoms with Crippen molar-refractivity contribution in [3.05, 3.63) is 0 Å². The predicted molar refractivity (Wildman–Crippen MR) is 56.4 cm³/mol. The van der Waals surface area contributed by atoms with Crippen molar-refractivity contribution in [3.63, 3.8) is 0 Å².